The average molecular weight is 420 g/mol. The maximum atomic E-state index is 13.3. The first-order chi connectivity index (χ1) is 14.6. The fourth-order valence-electron chi connectivity index (χ4n) is 4.78. The van der Waals surface area contributed by atoms with Gasteiger partial charge in [-0.25, -0.2) is 4.98 Å². The Morgan fingerprint density at radius 3 is 2.63 bits per heavy atom. The summed E-state index contributed by atoms with van der Waals surface area (Å²) in [5.41, 5.74) is 9.54. The summed E-state index contributed by atoms with van der Waals surface area (Å²) in [6.45, 7) is 0. The number of benzene rings is 2. The summed E-state index contributed by atoms with van der Waals surface area (Å²) in [5.74, 6) is 0.120. The lowest BCUT2D eigenvalue weighted by Crippen LogP contribution is -2.36. The van der Waals surface area contributed by atoms with Gasteiger partial charge < -0.3 is 15.8 Å². The maximum absolute atomic E-state index is 13.3. The molecule has 2 aromatic carbocycles. The molecule has 2 saturated heterocycles. The van der Waals surface area contributed by atoms with E-state index in [1.165, 1.54) is 0 Å². The quantitative estimate of drug-likeness (QED) is 0.631. The van der Waals surface area contributed by atoms with Crippen molar-refractivity contribution in [3.8, 4) is 11.1 Å². The highest BCUT2D eigenvalue weighted by molar-refractivity contribution is 6.33. The molecule has 152 valence electrons. The Balaban J connectivity index is 1.39. The number of hydrogen-bond acceptors (Lipinski definition) is 4. The van der Waals surface area contributed by atoms with Crippen molar-refractivity contribution < 1.29 is 9.53 Å². The van der Waals surface area contributed by atoms with Crippen LogP contribution in [0.2, 0.25) is 5.02 Å². The van der Waals surface area contributed by atoms with Gasteiger partial charge in [-0.15, -0.1) is 0 Å². The van der Waals surface area contributed by atoms with Gasteiger partial charge >= 0.3 is 0 Å². The van der Waals surface area contributed by atoms with E-state index in [-0.39, 0.29) is 30.0 Å². The molecule has 3 heterocycles. The third kappa shape index (κ3) is 3.44. The van der Waals surface area contributed by atoms with Crippen LogP contribution in [0.5, 0.6) is 0 Å². The Morgan fingerprint density at radius 2 is 1.87 bits per heavy atom. The van der Waals surface area contributed by atoms with Crippen LogP contribution < -0.4 is 11.1 Å². The van der Waals surface area contributed by atoms with Crippen LogP contribution in [0.25, 0.3) is 11.1 Å². The summed E-state index contributed by atoms with van der Waals surface area (Å²) in [5, 5.41) is 3.65. The molecule has 0 aliphatic carbocycles. The zero-order chi connectivity index (χ0) is 20.7. The van der Waals surface area contributed by atoms with E-state index >= 15 is 0 Å². The van der Waals surface area contributed by atoms with E-state index in [2.05, 4.69) is 10.3 Å². The highest BCUT2D eigenvalue weighted by atomic mass is 35.5. The number of halogens is 1. The summed E-state index contributed by atoms with van der Waals surface area (Å²) in [7, 11) is 0. The molecule has 2 aliphatic rings. The molecule has 4 unspecified atom stereocenters. The molecule has 2 aliphatic heterocycles. The van der Waals surface area contributed by atoms with Gasteiger partial charge in [-0.1, -0.05) is 48.0 Å². The number of fused-ring (bicyclic) bond motifs is 2. The molecule has 6 heteroatoms. The lowest BCUT2D eigenvalue weighted by atomic mass is 9.75. The topological polar surface area (TPSA) is 77.2 Å². The van der Waals surface area contributed by atoms with Gasteiger partial charge in [0.05, 0.1) is 23.1 Å². The minimum Gasteiger partial charge on any atom is -0.384 e. The van der Waals surface area contributed by atoms with E-state index in [1.807, 2.05) is 54.6 Å². The van der Waals surface area contributed by atoms with Gasteiger partial charge in [0, 0.05) is 23.4 Å². The fourth-order valence-corrected chi connectivity index (χ4v) is 5.07. The van der Waals surface area contributed by atoms with Crippen molar-refractivity contribution in [2.75, 3.05) is 11.1 Å². The molecular formula is C24H22ClN3O2. The number of carbonyl (C=O) groups excluding carboxylic acids is 1. The molecule has 4 atom stereocenters. The first-order valence-electron chi connectivity index (χ1n) is 10.1. The Hall–Kier alpha value is -2.89. The summed E-state index contributed by atoms with van der Waals surface area (Å²) in [6.07, 6.45) is 3.50. The number of pyridine rings is 1. The summed E-state index contributed by atoms with van der Waals surface area (Å²) in [6, 6.07) is 19.3. The predicted octanol–water partition coefficient (Wildman–Crippen LogP) is 4.88. The molecule has 3 N–H and O–H groups in total. The number of rotatable bonds is 4. The van der Waals surface area contributed by atoms with Crippen molar-refractivity contribution in [2.24, 2.45) is 5.92 Å². The molecule has 30 heavy (non-hydrogen) atoms. The van der Waals surface area contributed by atoms with Gasteiger partial charge in [-0.05, 0) is 48.2 Å². The SMILES string of the molecule is Nc1cc(C2C3CCC(O3)C2C(=O)Nc2ccc(-c3ccccc3)c(Cl)c2)ccn1. The molecule has 5 nitrogen and oxygen atoms in total. The molecule has 1 amide bonds. The third-order valence-electron chi connectivity index (χ3n) is 6.09. The zero-order valence-corrected chi connectivity index (χ0v) is 17.0. The highest BCUT2D eigenvalue weighted by Crippen LogP contribution is 2.49. The van der Waals surface area contributed by atoms with Gasteiger partial charge in [0.25, 0.3) is 0 Å². The zero-order valence-electron chi connectivity index (χ0n) is 16.3. The van der Waals surface area contributed by atoms with Crippen LogP contribution in [-0.4, -0.2) is 23.1 Å². The Morgan fingerprint density at radius 1 is 1.07 bits per heavy atom. The number of nitrogen functional groups attached to an aromatic ring is 1. The van der Waals surface area contributed by atoms with Crippen molar-refractivity contribution in [3.05, 3.63) is 77.4 Å². The van der Waals surface area contributed by atoms with E-state index in [0.717, 1.165) is 29.5 Å². The molecule has 0 saturated carbocycles. The van der Waals surface area contributed by atoms with Gasteiger partial charge in [0.2, 0.25) is 5.91 Å². The second kappa shape index (κ2) is 7.74. The van der Waals surface area contributed by atoms with Gasteiger partial charge in [0.1, 0.15) is 5.82 Å². The molecule has 0 spiro atoms. The van der Waals surface area contributed by atoms with Gasteiger partial charge in [-0.3, -0.25) is 4.79 Å². The van der Waals surface area contributed by atoms with Gasteiger partial charge in [-0.2, -0.15) is 0 Å². The summed E-state index contributed by atoms with van der Waals surface area (Å²) >= 11 is 6.52. The van der Waals surface area contributed by atoms with Crippen molar-refractivity contribution in [1.82, 2.24) is 4.98 Å². The van der Waals surface area contributed by atoms with Crippen LogP contribution in [0.1, 0.15) is 24.3 Å². The summed E-state index contributed by atoms with van der Waals surface area (Å²) < 4.78 is 6.10. The van der Waals surface area contributed by atoms with Crippen LogP contribution >= 0.6 is 11.6 Å². The van der Waals surface area contributed by atoms with E-state index in [1.54, 1.807) is 12.3 Å². The second-order valence-corrected chi connectivity index (χ2v) is 8.31. The van der Waals surface area contributed by atoms with Crippen LogP contribution in [0.15, 0.2) is 66.9 Å². The summed E-state index contributed by atoms with van der Waals surface area (Å²) in [4.78, 5) is 17.3. The van der Waals surface area contributed by atoms with Crippen LogP contribution in [-0.2, 0) is 9.53 Å². The minimum absolute atomic E-state index is 0.0203. The number of anilines is 2. The van der Waals surface area contributed by atoms with E-state index in [0.29, 0.717) is 16.5 Å². The molecule has 0 radical (unpaired) electrons. The third-order valence-corrected chi connectivity index (χ3v) is 6.40. The molecule has 2 fully saturated rings. The molecule has 5 rings (SSSR count). The number of amides is 1. The second-order valence-electron chi connectivity index (χ2n) is 7.91. The minimum atomic E-state index is -0.266. The fraction of sp³-hybridized carbons (Fsp3) is 0.250. The monoisotopic (exact) mass is 419 g/mol. The van der Waals surface area contributed by atoms with Crippen molar-refractivity contribution in [1.29, 1.82) is 0 Å². The Bertz CT molecular complexity index is 1090. The first-order valence-corrected chi connectivity index (χ1v) is 10.5. The average Bonchev–Trinajstić information content (AvgIpc) is 3.36. The number of nitrogens with two attached hydrogens (primary N) is 1. The Kier molecular flexibility index (Phi) is 4.93. The number of nitrogens with one attached hydrogen (secondary N) is 1. The van der Waals surface area contributed by atoms with Crippen LogP contribution in [0, 0.1) is 5.92 Å². The number of ether oxygens (including phenoxy) is 1. The molecular weight excluding hydrogens is 398 g/mol. The predicted molar refractivity (Wildman–Crippen MR) is 118 cm³/mol. The normalized spacial score (nSPS) is 24.7. The number of nitrogens with zero attached hydrogens (tertiary/aromatic N) is 1. The van der Waals surface area contributed by atoms with Crippen molar-refractivity contribution in [2.45, 2.75) is 31.0 Å². The van der Waals surface area contributed by atoms with Crippen LogP contribution in [0.4, 0.5) is 11.5 Å². The maximum Gasteiger partial charge on any atom is 0.230 e. The van der Waals surface area contributed by atoms with Crippen molar-refractivity contribution >= 4 is 29.0 Å². The number of aromatic nitrogens is 1. The lowest BCUT2D eigenvalue weighted by Gasteiger charge is -2.27. The number of hydrogen-bond donors (Lipinski definition) is 2. The Labute approximate surface area is 180 Å². The molecule has 2 bridgehead atoms. The van der Waals surface area contributed by atoms with Crippen LogP contribution in [0.3, 0.4) is 0 Å². The van der Waals surface area contributed by atoms with E-state index in [9.17, 15) is 4.79 Å². The standard InChI is InChI=1S/C24H22ClN3O2/c25-18-13-16(6-7-17(18)14-4-2-1-3-5-14)28-24(29)23-20-9-8-19(30-20)22(23)15-10-11-27-21(26)12-15/h1-7,10-13,19-20,22-23H,8-9H2,(H2,26,27)(H,28,29). The molecule has 1 aromatic heterocycles. The highest BCUT2D eigenvalue weighted by Gasteiger charge is 2.52. The number of carbonyl (C=O) groups is 1. The van der Waals surface area contributed by atoms with E-state index in [4.69, 9.17) is 22.1 Å². The lowest BCUT2D eigenvalue weighted by molar-refractivity contribution is -0.121. The first kappa shape index (κ1) is 19.1. The molecule has 3 aromatic rings. The largest absolute Gasteiger partial charge is 0.384 e. The van der Waals surface area contributed by atoms with Crippen molar-refractivity contribution in [3.63, 3.8) is 0 Å². The van der Waals surface area contributed by atoms with E-state index < -0.39 is 0 Å². The smallest absolute Gasteiger partial charge is 0.230 e. The van der Waals surface area contributed by atoms with Gasteiger partial charge in [0.15, 0.2) is 0 Å².